The van der Waals surface area contributed by atoms with E-state index in [0.717, 1.165) is 27.1 Å². The summed E-state index contributed by atoms with van der Waals surface area (Å²) in [6, 6.07) is 5.38. The molecule has 2 aromatic heterocycles. The molecule has 2 heterocycles. The van der Waals surface area contributed by atoms with Crippen molar-refractivity contribution >= 4 is 16.8 Å². The SMILES string of the molecule is CC(Cc1cn(C)c2ccc(F)cc12)NC(=O)c1cc(=O)n(C)c(=O)[nH]1. The number of aryl methyl sites for hydroxylation is 1. The Kier molecular flexibility index (Phi) is 4.50. The zero-order chi connectivity index (χ0) is 19.0. The molecule has 0 aliphatic rings. The van der Waals surface area contributed by atoms with E-state index in [4.69, 9.17) is 0 Å². The van der Waals surface area contributed by atoms with Gasteiger partial charge in [0.1, 0.15) is 11.5 Å². The van der Waals surface area contributed by atoms with E-state index in [-0.39, 0.29) is 17.6 Å². The Morgan fingerprint density at radius 1 is 1.27 bits per heavy atom. The minimum atomic E-state index is -0.653. The second-order valence-electron chi connectivity index (χ2n) is 6.39. The maximum atomic E-state index is 13.6. The lowest BCUT2D eigenvalue weighted by Gasteiger charge is -2.13. The van der Waals surface area contributed by atoms with E-state index in [1.807, 2.05) is 17.8 Å². The lowest BCUT2D eigenvalue weighted by atomic mass is 10.1. The van der Waals surface area contributed by atoms with Gasteiger partial charge in [0.05, 0.1) is 0 Å². The van der Waals surface area contributed by atoms with Gasteiger partial charge in [-0.15, -0.1) is 0 Å². The predicted molar refractivity (Wildman–Crippen MR) is 95.8 cm³/mol. The molecule has 1 atom stereocenters. The number of nitrogens with zero attached hydrogens (tertiary/aromatic N) is 2. The van der Waals surface area contributed by atoms with Crippen molar-refractivity contribution in [3.8, 4) is 0 Å². The summed E-state index contributed by atoms with van der Waals surface area (Å²) in [5.74, 6) is -0.863. The number of H-pyrrole nitrogens is 1. The van der Waals surface area contributed by atoms with Crippen molar-refractivity contribution in [1.82, 2.24) is 19.4 Å². The first-order chi connectivity index (χ1) is 12.3. The Labute approximate surface area is 148 Å². The second-order valence-corrected chi connectivity index (χ2v) is 6.39. The number of hydrogen-bond acceptors (Lipinski definition) is 3. The number of aromatic nitrogens is 3. The van der Waals surface area contributed by atoms with Gasteiger partial charge >= 0.3 is 5.69 Å². The molecule has 3 aromatic rings. The molecule has 136 valence electrons. The van der Waals surface area contributed by atoms with Crippen LogP contribution >= 0.6 is 0 Å². The number of benzene rings is 1. The van der Waals surface area contributed by atoms with Crippen LogP contribution in [0.15, 0.2) is 40.1 Å². The van der Waals surface area contributed by atoms with Gasteiger partial charge in [-0.25, -0.2) is 9.18 Å². The molecule has 0 saturated carbocycles. The third-order valence-corrected chi connectivity index (χ3v) is 4.33. The molecule has 1 unspecified atom stereocenters. The van der Waals surface area contributed by atoms with Crippen LogP contribution in [0.5, 0.6) is 0 Å². The number of aromatic amines is 1. The number of nitrogens with one attached hydrogen (secondary N) is 2. The molecule has 0 spiro atoms. The molecular weight excluding hydrogens is 339 g/mol. The number of amides is 1. The van der Waals surface area contributed by atoms with E-state index >= 15 is 0 Å². The van der Waals surface area contributed by atoms with Crippen molar-refractivity contribution in [2.45, 2.75) is 19.4 Å². The van der Waals surface area contributed by atoms with Gasteiger partial charge in [0.25, 0.3) is 11.5 Å². The highest BCUT2D eigenvalue weighted by Gasteiger charge is 2.15. The van der Waals surface area contributed by atoms with Crippen LogP contribution in [0.3, 0.4) is 0 Å². The maximum absolute atomic E-state index is 13.6. The molecule has 7 nitrogen and oxygen atoms in total. The van der Waals surface area contributed by atoms with Gasteiger partial charge in [0, 0.05) is 43.3 Å². The molecule has 1 amide bonds. The first-order valence-electron chi connectivity index (χ1n) is 8.11. The molecule has 3 rings (SSSR count). The standard InChI is InChI=1S/C18H19FN4O3/c1-10(20-17(25)14-8-16(24)23(3)18(26)21-14)6-11-9-22(2)15-5-4-12(19)7-13(11)15/h4-5,7-10H,6H2,1-3H3,(H,20,25)(H,21,26). The third-order valence-electron chi connectivity index (χ3n) is 4.33. The van der Waals surface area contributed by atoms with Gasteiger partial charge in [-0.2, -0.15) is 0 Å². The van der Waals surface area contributed by atoms with Crippen LogP contribution in [0, 0.1) is 5.82 Å². The van der Waals surface area contributed by atoms with Crippen molar-refractivity contribution in [3.05, 3.63) is 68.4 Å². The Bertz CT molecular complexity index is 1080. The minimum absolute atomic E-state index is 0.0890. The van der Waals surface area contributed by atoms with Gasteiger partial charge in [-0.05, 0) is 37.1 Å². The van der Waals surface area contributed by atoms with E-state index in [1.165, 1.54) is 19.2 Å². The van der Waals surface area contributed by atoms with Crippen LogP contribution in [0.2, 0.25) is 0 Å². The normalized spacial score (nSPS) is 12.3. The van der Waals surface area contributed by atoms with Crippen LogP contribution < -0.4 is 16.6 Å². The van der Waals surface area contributed by atoms with Crippen molar-refractivity contribution < 1.29 is 9.18 Å². The minimum Gasteiger partial charge on any atom is -0.350 e. The summed E-state index contributed by atoms with van der Waals surface area (Å²) in [7, 11) is 3.20. The summed E-state index contributed by atoms with van der Waals surface area (Å²) in [5, 5.41) is 3.53. The number of fused-ring (bicyclic) bond motifs is 1. The molecule has 0 aliphatic heterocycles. The molecule has 8 heteroatoms. The van der Waals surface area contributed by atoms with Crippen LogP contribution in [0.1, 0.15) is 23.0 Å². The molecule has 2 N–H and O–H groups in total. The Morgan fingerprint density at radius 2 is 2.00 bits per heavy atom. The van der Waals surface area contributed by atoms with E-state index < -0.39 is 17.2 Å². The average molecular weight is 358 g/mol. The highest BCUT2D eigenvalue weighted by molar-refractivity contribution is 5.92. The number of rotatable bonds is 4. The van der Waals surface area contributed by atoms with Crippen molar-refractivity contribution in [2.24, 2.45) is 14.1 Å². The summed E-state index contributed by atoms with van der Waals surface area (Å²) in [5.41, 5.74) is 0.493. The zero-order valence-corrected chi connectivity index (χ0v) is 14.7. The fourth-order valence-electron chi connectivity index (χ4n) is 2.97. The molecule has 0 saturated heterocycles. The fourth-order valence-corrected chi connectivity index (χ4v) is 2.97. The summed E-state index contributed by atoms with van der Waals surface area (Å²) in [4.78, 5) is 37.9. The predicted octanol–water partition coefficient (Wildman–Crippen LogP) is 1.07. The molecule has 0 bridgehead atoms. The molecule has 0 fully saturated rings. The highest BCUT2D eigenvalue weighted by atomic mass is 19.1. The smallest absolute Gasteiger partial charge is 0.328 e. The highest BCUT2D eigenvalue weighted by Crippen LogP contribution is 2.22. The van der Waals surface area contributed by atoms with Gasteiger partial charge < -0.3 is 14.9 Å². The summed E-state index contributed by atoms with van der Waals surface area (Å²) in [6.07, 6.45) is 2.37. The van der Waals surface area contributed by atoms with Crippen LogP contribution in [-0.4, -0.2) is 26.1 Å². The number of carbonyl (C=O) groups is 1. The van der Waals surface area contributed by atoms with E-state index in [9.17, 15) is 18.8 Å². The van der Waals surface area contributed by atoms with Gasteiger partial charge in [0.2, 0.25) is 0 Å². The number of hydrogen-bond donors (Lipinski definition) is 2. The van der Waals surface area contributed by atoms with Crippen LogP contribution in [0.25, 0.3) is 10.9 Å². The lowest BCUT2D eigenvalue weighted by molar-refractivity contribution is 0.0934. The van der Waals surface area contributed by atoms with Crippen LogP contribution in [-0.2, 0) is 20.5 Å². The Balaban J connectivity index is 1.80. The first kappa shape index (κ1) is 17.7. The van der Waals surface area contributed by atoms with Gasteiger partial charge in [0.15, 0.2) is 0 Å². The maximum Gasteiger partial charge on any atom is 0.328 e. The van der Waals surface area contributed by atoms with Crippen molar-refractivity contribution in [3.63, 3.8) is 0 Å². The summed E-state index contributed by atoms with van der Waals surface area (Å²) < 4.78 is 16.3. The largest absolute Gasteiger partial charge is 0.350 e. The molecule has 0 aliphatic carbocycles. The van der Waals surface area contributed by atoms with E-state index in [1.54, 1.807) is 13.0 Å². The molecular formula is C18H19FN4O3. The van der Waals surface area contributed by atoms with E-state index in [2.05, 4.69) is 10.3 Å². The fraction of sp³-hybridized carbons (Fsp3) is 0.278. The van der Waals surface area contributed by atoms with Gasteiger partial charge in [-0.1, -0.05) is 0 Å². The summed E-state index contributed by atoms with van der Waals surface area (Å²) in [6.45, 7) is 1.80. The lowest BCUT2D eigenvalue weighted by Crippen LogP contribution is -2.39. The van der Waals surface area contributed by atoms with E-state index in [0.29, 0.717) is 6.42 Å². The van der Waals surface area contributed by atoms with Crippen molar-refractivity contribution in [2.75, 3.05) is 0 Å². The Hall–Kier alpha value is -3.16. The van der Waals surface area contributed by atoms with Gasteiger partial charge in [-0.3, -0.25) is 14.2 Å². The topological polar surface area (TPSA) is 88.9 Å². The summed E-state index contributed by atoms with van der Waals surface area (Å²) >= 11 is 0. The second kappa shape index (κ2) is 6.62. The number of halogens is 1. The average Bonchev–Trinajstić information content (AvgIpc) is 2.87. The molecule has 1 aromatic carbocycles. The quantitative estimate of drug-likeness (QED) is 0.731. The van der Waals surface area contributed by atoms with Crippen molar-refractivity contribution in [1.29, 1.82) is 0 Å². The molecule has 26 heavy (non-hydrogen) atoms. The first-order valence-corrected chi connectivity index (χ1v) is 8.11. The zero-order valence-electron chi connectivity index (χ0n) is 14.7. The third kappa shape index (κ3) is 3.30. The van der Waals surface area contributed by atoms with Crippen LogP contribution in [0.4, 0.5) is 4.39 Å². The molecule has 0 radical (unpaired) electrons. The Morgan fingerprint density at radius 3 is 2.69 bits per heavy atom. The number of carbonyl (C=O) groups excluding carboxylic acids is 1. The monoisotopic (exact) mass is 358 g/mol.